The number of hydrogen-bond acceptors (Lipinski definition) is 1. The van der Waals surface area contributed by atoms with E-state index in [1.807, 2.05) is 30.3 Å². The predicted molar refractivity (Wildman–Crippen MR) is 69.5 cm³/mol. The van der Waals surface area contributed by atoms with Crippen LogP contribution >= 0.6 is 0 Å². The Balaban J connectivity index is 1.93. The molecule has 0 amide bonds. The van der Waals surface area contributed by atoms with Gasteiger partial charge in [-0.3, -0.25) is 4.79 Å². The van der Waals surface area contributed by atoms with Crippen LogP contribution in [0.5, 0.6) is 0 Å². The van der Waals surface area contributed by atoms with Crippen LogP contribution < -0.4 is 0 Å². The second-order valence-corrected chi connectivity index (χ2v) is 4.63. The fourth-order valence-electron chi connectivity index (χ4n) is 2.25. The number of carbonyl (C=O) groups is 1. The van der Waals surface area contributed by atoms with Crippen LogP contribution in [0.2, 0.25) is 0 Å². The van der Waals surface area contributed by atoms with Crippen molar-refractivity contribution < 1.29 is 4.79 Å². The van der Waals surface area contributed by atoms with Gasteiger partial charge in [-0.15, -0.1) is 0 Å². The van der Waals surface area contributed by atoms with Crippen LogP contribution in [0.15, 0.2) is 30.3 Å². The van der Waals surface area contributed by atoms with E-state index in [1.165, 1.54) is 12.8 Å². The molecule has 0 saturated heterocycles. The summed E-state index contributed by atoms with van der Waals surface area (Å²) in [5, 5.41) is 0. The third-order valence-corrected chi connectivity index (χ3v) is 3.29. The Hall–Kier alpha value is -1.55. The van der Waals surface area contributed by atoms with E-state index >= 15 is 0 Å². The first-order valence-electron chi connectivity index (χ1n) is 6.43. The van der Waals surface area contributed by atoms with Crippen molar-refractivity contribution in [2.75, 3.05) is 0 Å². The van der Waals surface area contributed by atoms with Gasteiger partial charge in [0.2, 0.25) is 0 Å². The largest absolute Gasteiger partial charge is 0.299 e. The molecule has 1 heteroatoms. The molecule has 0 bridgehead atoms. The van der Waals surface area contributed by atoms with E-state index in [4.69, 9.17) is 0 Å². The van der Waals surface area contributed by atoms with E-state index in [-0.39, 0.29) is 5.92 Å². The summed E-state index contributed by atoms with van der Waals surface area (Å²) in [7, 11) is 0. The molecule has 1 aliphatic carbocycles. The first kappa shape index (κ1) is 11.9. The van der Waals surface area contributed by atoms with Crippen LogP contribution in [0.1, 0.15) is 44.1 Å². The number of benzene rings is 1. The van der Waals surface area contributed by atoms with E-state index in [2.05, 4.69) is 11.8 Å². The molecule has 0 heterocycles. The van der Waals surface area contributed by atoms with Gasteiger partial charge in [0.25, 0.3) is 0 Å². The molecule has 1 atom stereocenters. The summed E-state index contributed by atoms with van der Waals surface area (Å²) < 4.78 is 0. The maximum absolute atomic E-state index is 11.8. The predicted octanol–water partition coefficient (Wildman–Crippen LogP) is 3.58. The number of Topliss-reactive ketones (excluding diaryl/α,β-unsaturated/α-hetero) is 1. The first-order valence-corrected chi connectivity index (χ1v) is 6.43. The SMILES string of the molecule is O=C1CCCCCC1CC#Cc1ccccc1. The molecule has 2 rings (SSSR count). The Labute approximate surface area is 103 Å². The Morgan fingerprint density at radius 1 is 1.12 bits per heavy atom. The topological polar surface area (TPSA) is 17.1 Å². The molecule has 88 valence electrons. The summed E-state index contributed by atoms with van der Waals surface area (Å²) in [6.07, 6.45) is 5.98. The summed E-state index contributed by atoms with van der Waals surface area (Å²) >= 11 is 0. The van der Waals surface area contributed by atoms with Gasteiger partial charge in [-0.2, -0.15) is 0 Å². The van der Waals surface area contributed by atoms with Crippen LogP contribution in [0.3, 0.4) is 0 Å². The van der Waals surface area contributed by atoms with Crippen molar-refractivity contribution in [3.63, 3.8) is 0 Å². The lowest BCUT2D eigenvalue weighted by Crippen LogP contribution is -2.11. The Bertz CT molecular complexity index is 422. The average Bonchev–Trinajstić information content (AvgIpc) is 2.56. The minimum absolute atomic E-state index is 0.189. The molecule has 1 fully saturated rings. The lowest BCUT2D eigenvalue weighted by atomic mass is 9.95. The maximum atomic E-state index is 11.8. The van der Waals surface area contributed by atoms with Crippen molar-refractivity contribution in [3.05, 3.63) is 35.9 Å². The summed E-state index contributed by atoms with van der Waals surface area (Å²) in [5.74, 6) is 6.90. The van der Waals surface area contributed by atoms with Gasteiger partial charge in [0.1, 0.15) is 5.78 Å². The van der Waals surface area contributed by atoms with Gasteiger partial charge in [0.15, 0.2) is 0 Å². The lowest BCUT2D eigenvalue weighted by molar-refractivity contribution is -0.122. The first-order chi connectivity index (χ1) is 8.36. The second-order valence-electron chi connectivity index (χ2n) is 4.63. The molecule has 17 heavy (non-hydrogen) atoms. The standard InChI is InChI=1S/C16H18O/c17-16-13-6-2-5-11-15(16)12-7-10-14-8-3-1-4-9-14/h1,3-4,8-9,15H,2,5-6,11-13H2. The van der Waals surface area contributed by atoms with Gasteiger partial charge in [0, 0.05) is 24.3 Å². The minimum atomic E-state index is 0.189. The van der Waals surface area contributed by atoms with Gasteiger partial charge in [-0.25, -0.2) is 0 Å². The molecule has 1 unspecified atom stereocenters. The van der Waals surface area contributed by atoms with Crippen LogP contribution in [-0.4, -0.2) is 5.78 Å². The zero-order chi connectivity index (χ0) is 11.9. The Kier molecular flexibility index (Phi) is 4.38. The summed E-state index contributed by atoms with van der Waals surface area (Å²) in [5.41, 5.74) is 1.04. The Morgan fingerprint density at radius 3 is 2.76 bits per heavy atom. The average molecular weight is 226 g/mol. The summed E-state index contributed by atoms with van der Waals surface area (Å²) in [4.78, 5) is 11.8. The highest BCUT2D eigenvalue weighted by Crippen LogP contribution is 2.22. The molecular formula is C16H18O. The van der Waals surface area contributed by atoms with E-state index < -0.39 is 0 Å². The fourth-order valence-corrected chi connectivity index (χ4v) is 2.25. The van der Waals surface area contributed by atoms with Crippen LogP contribution in [0.4, 0.5) is 0 Å². The van der Waals surface area contributed by atoms with E-state index in [9.17, 15) is 4.79 Å². The summed E-state index contributed by atoms with van der Waals surface area (Å²) in [6, 6.07) is 9.96. The third-order valence-electron chi connectivity index (χ3n) is 3.29. The van der Waals surface area contributed by atoms with E-state index in [1.54, 1.807) is 0 Å². The van der Waals surface area contributed by atoms with Gasteiger partial charge < -0.3 is 0 Å². The van der Waals surface area contributed by atoms with Crippen molar-refractivity contribution in [3.8, 4) is 11.8 Å². The van der Waals surface area contributed by atoms with Crippen LogP contribution in [0, 0.1) is 17.8 Å². The molecule has 1 aromatic rings. The normalized spacial score (nSPS) is 20.2. The number of carbonyl (C=O) groups excluding carboxylic acids is 1. The highest BCUT2D eigenvalue weighted by molar-refractivity contribution is 5.81. The zero-order valence-electron chi connectivity index (χ0n) is 10.1. The smallest absolute Gasteiger partial charge is 0.136 e. The van der Waals surface area contributed by atoms with Gasteiger partial charge in [-0.1, -0.05) is 42.9 Å². The quantitative estimate of drug-likeness (QED) is 0.528. The highest BCUT2D eigenvalue weighted by Gasteiger charge is 2.19. The monoisotopic (exact) mass is 226 g/mol. The van der Waals surface area contributed by atoms with Crippen molar-refractivity contribution in [2.45, 2.75) is 38.5 Å². The zero-order valence-corrected chi connectivity index (χ0v) is 10.1. The number of hydrogen-bond donors (Lipinski definition) is 0. The molecular weight excluding hydrogens is 208 g/mol. The molecule has 1 aromatic carbocycles. The molecule has 0 aliphatic heterocycles. The summed E-state index contributed by atoms with van der Waals surface area (Å²) in [6.45, 7) is 0. The minimum Gasteiger partial charge on any atom is -0.299 e. The van der Waals surface area contributed by atoms with Gasteiger partial charge in [0.05, 0.1) is 0 Å². The highest BCUT2D eigenvalue weighted by atomic mass is 16.1. The van der Waals surface area contributed by atoms with E-state index in [0.717, 1.165) is 31.2 Å². The van der Waals surface area contributed by atoms with E-state index in [0.29, 0.717) is 5.78 Å². The lowest BCUT2D eigenvalue weighted by Gasteiger charge is -2.07. The third kappa shape index (κ3) is 3.75. The van der Waals surface area contributed by atoms with Crippen LogP contribution in [0.25, 0.3) is 0 Å². The molecule has 1 nitrogen and oxygen atoms in total. The second kappa shape index (κ2) is 6.25. The number of ketones is 1. The molecule has 0 spiro atoms. The van der Waals surface area contributed by atoms with Crippen molar-refractivity contribution in [2.24, 2.45) is 5.92 Å². The molecule has 0 aromatic heterocycles. The molecule has 1 saturated carbocycles. The number of rotatable bonds is 1. The molecule has 0 N–H and O–H groups in total. The maximum Gasteiger partial charge on any atom is 0.136 e. The van der Waals surface area contributed by atoms with Gasteiger partial charge >= 0.3 is 0 Å². The van der Waals surface area contributed by atoms with Crippen LogP contribution in [-0.2, 0) is 4.79 Å². The van der Waals surface area contributed by atoms with Crippen molar-refractivity contribution in [1.82, 2.24) is 0 Å². The van der Waals surface area contributed by atoms with Crippen molar-refractivity contribution in [1.29, 1.82) is 0 Å². The molecule has 1 aliphatic rings. The van der Waals surface area contributed by atoms with Gasteiger partial charge in [-0.05, 0) is 25.0 Å². The molecule has 0 radical (unpaired) electrons. The fraction of sp³-hybridized carbons (Fsp3) is 0.438. The van der Waals surface area contributed by atoms with Crippen molar-refractivity contribution >= 4 is 5.78 Å². The Morgan fingerprint density at radius 2 is 1.94 bits per heavy atom.